The molecule has 5 rings (SSSR count). The van der Waals surface area contributed by atoms with Gasteiger partial charge in [0.25, 0.3) is 0 Å². The van der Waals surface area contributed by atoms with Gasteiger partial charge in [-0.1, -0.05) is 59.6 Å². The zero-order chi connectivity index (χ0) is 28.6. The molecule has 0 aromatic carbocycles. The molecule has 8 atom stereocenters. The number of carboxylic acids is 1. The fraction of sp³-hybridized carbons (Fsp3) is 0.882. The van der Waals surface area contributed by atoms with Crippen molar-refractivity contribution in [2.45, 2.75) is 138 Å². The van der Waals surface area contributed by atoms with Crippen molar-refractivity contribution in [3.8, 4) is 0 Å². The molecule has 0 aromatic rings. The molecule has 2 N–H and O–H groups in total. The second-order valence-electron chi connectivity index (χ2n) is 16.3. The highest BCUT2D eigenvalue weighted by Gasteiger charge is 2.66. The first-order valence-electron chi connectivity index (χ1n) is 15.8. The number of hydrogen-bond donors (Lipinski definition) is 2. The van der Waals surface area contributed by atoms with E-state index in [4.69, 9.17) is 9.84 Å². The van der Waals surface area contributed by atoms with E-state index in [2.05, 4.69) is 48.5 Å². The fourth-order valence-corrected chi connectivity index (χ4v) is 11.1. The first-order valence-corrected chi connectivity index (χ1v) is 15.8. The molecule has 0 saturated heterocycles. The van der Waals surface area contributed by atoms with Gasteiger partial charge in [-0.15, -0.1) is 0 Å². The van der Waals surface area contributed by atoms with Crippen LogP contribution < -0.4 is 0 Å². The van der Waals surface area contributed by atoms with Crippen molar-refractivity contribution < 1.29 is 24.5 Å². The van der Waals surface area contributed by atoms with Crippen LogP contribution in [0.25, 0.3) is 0 Å². The Balaban J connectivity index is 1.45. The van der Waals surface area contributed by atoms with Crippen LogP contribution in [0.3, 0.4) is 0 Å². The van der Waals surface area contributed by atoms with Crippen LogP contribution in [0.5, 0.6) is 0 Å². The third-order valence-electron chi connectivity index (χ3n) is 14.0. The summed E-state index contributed by atoms with van der Waals surface area (Å²) in [5.74, 6) is -0.233. The van der Waals surface area contributed by atoms with Crippen LogP contribution in [-0.2, 0) is 14.3 Å². The van der Waals surface area contributed by atoms with Gasteiger partial charge in [0.2, 0.25) is 0 Å². The number of allylic oxidation sites excluding steroid dienone is 2. The summed E-state index contributed by atoms with van der Waals surface area (Å²) >= 11 is 0. The van der Waals surface area contributed by atoms with E-state index in [0.717, 1.165) is 38.5 Å². The highest BCUT2D eigenvalue weighted by molar-refractivity contribution is 5.76. The molecule has 39 heavy (non-hydrogen) atoms. The SMILES string of the molecule is CC1(C)[C@@H](OC(=O)CCC(=O)O)CC[C@]2(C)C3=C(CC[C@@H]12)[C@@]1(C)CC[C@@]2(C)CC[C@@](C)(CO)C[C@H]2[C@]1(C)CC3. The molecule has 3 saturated carbocycles. The molecule has 0 spiro atoms. The lowest BCUT2D eigenvalue weighted by Crippen LogP contribution is -2.61. The van der Waals surface area contributed by atoms with E-state index in [1.54, 1.807) is 11.1 Å². The van der Waals surface area contributed by atoms with Crippen molar-refractivity contribution in [2.75, 3.05) is 6.61 Å². The second-order valence-corrected chi connectivity index (χ2v) is 16.3. The Morgan fingerprint density at radius 3 is 2.18 bits per heavy atom. The Morgan fingerprint density at radius 1 is 0.821 bits per heavy atom. The summed E-state index contributed by atoms with van der Waals surface area (Å²) in [6, 6.07) is 0. The van der Waals surface area contributed by atoms with Gasteiger partial charge in [-0.25, -0.2) is 0 Å². The van der Waals surface area contributed by atoms with Crippen molar-refractivity contribution in [2.24, 2.45) is 44.3 Å². The molecular formula is C34H54O5. The largest absolute Gasteiger partial charge is 0.481 e. The number of ether oxygens (including phenoxy) is 1. The fourth-order valence-electron chi connectivity index (χ4n) is 11.1. The van der Waals surface area contributed by atoms with Crippen LogP contribution in [-0.4, -0.2) is 34.9 Å². The van der Waals surface area contributed by atoms with Gasteiger partial charge in [0.15, 0.2) is 0 Å². The predicted octanol–water partition coefficient (Wildman–Crippen LogP) is 7.70. The normalized spacial score (nSPS) is 46.8. The summed E-state index contributed by atoms with van der Waals surface area (Å²) in [5.41, 5.74) is 4.36. The molecule has 5 nitrogen and oxygen atoms in total. The Hall–Kier alpha value is -1.36. The van der Waals surface area contributed by atoms with Gasteiger partial charge >= 0.3 is 11.9 Å². The maximum Gasteiger partial charge on any atom is 0.306 e. The van der Waals surface area contributed by atoms with Gasteiger partial charge in [-0.3, -0.25) is 9.59 Å². The topological polar surface area (TPSA) is 83.8 Å². The summed E-state index contributed by atoms with van der Waals surface area (Å²) in [6.07, 6.45) is 12.3. The van der Waals surface area contributed by atoms with Gasteiger partial charge < -0.3 is 14.9 Å². The van der Waals surface area contributed by atoms with Gasteiger partial charge in [0.1, 0.15) is 6.10 Å². The summed E-state index contributed by atoms with van der Waals surface area (Å²) in [7, 11) is 0. The van der Waals surface area contributed by atoms with Crippen molar-refractivity contribution in [1.29, 1.82) is 0 Å². The predicted molar refractivity (Wildman–Crippen MR) is 153 cm³/mol. The number of carboxylic acid groups (broad SMARTS) is 1. The van der Waals surface area contributed by atoms with Crippen LogP contribution in [0, 0.1) is 44.3 Å². The van der Waals surface area contributed by atoms with Crippen LogP contribution >= 0.6 is 0 Å². The zero-order valence-corrected chi connectivity index (χ0v) is 25.8. The maximum atomic E-state index is 12.5. The third-order valence-corrected chi connectivity index (χ3v) is 14.0. The number of carbonyl (C=O) groups is 2. The Morgan fingerprint density at radius 2 is 1.51 bits per heavy atom. The zero-order valence-electron chi connectivity index (χ0n) is 25.8. The average Bonchev–Trinajstić information content (AvgIpc) is 2.87. The van der Waals surface area contributed by atoms with E-state index in [9.17, 15) is 14.7 Å². The number of hydrogen-bond acceptors (Lipinski definition) is 4. The number of carbonyl (C=O) groups excluding carboxylic acids is 1. The Labute approximate surface area is 236 Å². The minimum absolute atomic E-state index is 0.0496. The summed E-state index contributed by atoms with van der Waals surface area (Å²) in [4.78, 5) is 23.5. The molecule has 0 unspecified atom stereocenters. The van der Waals surface area contributed by atoms with Crippen molar-refractivity contribution in [3.05, 3.63) is 11.1 Å². The first-order chi connectivity index (χ1) is 18.0. The quantitative estimate of drug-likeness (QED) is 0.275. The van der Waals surface area contributed by atoms with Gasteiger partial charge in [0, 0.05) is 12.0 Å². The standard InChI is InChI=1S/C34H54O5/c1-29(2)24-9-8-23-22(32(24,5)14-13-26(29)39-28(38)11-10-27(36)37)12-15-34(7)25-20-30(3,21-35)16-17-31(25,4)18-19-33(23,34)6/h24-26,35H,8-21H2,1-7H3,(H,36,37)/t24-,25+,26-,30+,31+,32+,33+,34-/m0/s1. The summed E-state index contributed by atoms with van der Waals surface area (Å²) < 4.78 is 5.97. The summed E-state index contributed by atoms with van der Waals surface area (Å²) in [6.45, 7) is 17.5. The highest BCUT2D eigenvalue weighted by Crippen LogP contribution is 2.75. The molecule has 5 aliphatic rings. The molecule has 0 bridgehead atoms. The van der Waals surface area contributed by atoms with Crippen LogP contribution in [0.2, 0.25) is 0 Å². The number of aliphatic carboxylic acids is 1. The van der Waals surface area contributed by atoms with Gasteiger partial charge in [-0.2, -0.15) is 0 Å². The monoisotopic (exact) mass is 542 g/mol. The van der Waals surface area contributed by atoms with E-state index in [0.29, 0.717) is 23.9 Å². The highest BCUT2D eigenvalue weighted by atomic mass is 16.5. The lowest BCUT2D eigenvalue weighted by Gasteiger charge is -2.69. The molecule has 0 amide bonds. The van der Waals surface area contributed by atoms with E-state index < -0.39 is 5.97 Å². The number of rotatable bonds is 5. The van der Waals surface area contributed by atoms with Crippen LogP contribution in [0.15, 0.2) is 11.1 Å². The maximum absolute atomic E-state index is 12.5. The third kappa shape index (κ3) is 4.26. The van der Waals surface area contributed by atoms with E-state index in [1.165, 1.54) is 32.1 Å². The number of esters is 1. The molecular weight excluding hydrogens is 488 g/mol. The molecule has 0 heterocycles. The van der Waals surface area contributed by atoms with Gasteiger partial charge in [0.05, 0.1) is 12.8 Å². The Bertz CT molecular complexity index is 1060. The molecule has 5 heteroatoms. The van der Waals surface area contributed by atoms with Crippen molar-refractivity contribution in [1.82, 2.24) is 0 Å². The van der Waals surface area contributed by atoms with E-state index in [-0.39, 0.29) is 52.0 Å². The molecule has 0 radical (unpaired) electrons. The molecule has 220 valence electrons. The van der Waals surface area contributed by atoms with E-state index >= 15 is 0 Å². The molecule has 0 aromatic heterocycles. The number of aliphatic hydroxyl groups excluding tert-OH is 1. The molecule has 5 aliphatic carbocycles. The van der Waals surface area contributed by atoms with Crippen molar-refractivity contribution >= 4 is 11.9 Å². The second kappa shape index (κ2) is 9.33. The van der Waals surface area contributed by atoms with Crippen LogP contribution in [0.1, 0.15) is 132 Å². The van der Waals surface area contributed by atoms with Crippen molar-refractivity contribution in [3.63, 3.8) is 0 Å². The average molecular weight is 543 g/mol. The van der Waals surface area contributed by atoms with E-state index in [1.807, 2.05) is 0 Å². The Kier molecular flexibility index (Phi) is 6.97. The summed E-state index contributed by atoms with van der Waals surface area (Å²) in [5, 5.41) is 19.3. The van der Waals surface area contributed by atoms with Crippen LogP contribution in [0.4, 0.5) is 0 Å². The minimum atomic E-state index is -0.954. The lowest BCUT2D eigenvalue weighted by molar-refractivity contribution is -0.175. The molecule has 0 aliphatic heterocycles. The molecule has 3 fully saturated rings. The van der Waals surface area contributed by atoms with Gasteiger partial charge in [-0.05, 0) is 110 Å². The smallest absolute Gasteiger partial charge is 0.306 e. The number of aliphatic hydroxyl groups is 1. The number of fused-ring (bicyclic) bond motifs is 6. The first kappa shape index (κ1) is 29.1. The lowest BCUT2D eigenvalue weighted by atomic mass is 9.35. The minimum Gasteiger partial charge on any atom is -0.481 e.